The molecule has 0 radical (unpaired) electrons. The first-order valence-electron chi connectivity index (χ1n) is 4.62. The van der Waals surface area contributed by atoms with Crippen molar-refractivity contribution >= 4 is 5.91 Å². The van der Waals surface area contributed by atoms with Gasteiger partial charge >= 0.3 is 0 Å². The predicted octanol–water partition coefficient (Wildman–Crippen LogP) is -0.475. The Labute approximate surface area is 81.9 Å². The third-order valence-corrected chi connectivity index (χ3v) is 2.40. The van der Waals surface area contributed by atoms with Crippen LogP contribution in [0.25, 0.3) is 0 Å². The summed E-state index contributed by atoms with van der Waals surface area (Å²) in [5, 5.41) is 3.15. The maximum atomic E-state index is 10.9. The Bertz CT molecular complexity index is 298. The molecule has 5 nitrogen and oxygen atoms in total. The van der Waals surface area contributed by atoms with E-state index in [0.717, 1.165) is 12.2 Å². The molecule has 1 fully saturated rings. The fraction of sp³-hybridized carbons (Fsp3) is 0.444. The number of fused-ring (bicyclic) bond motifs is 1. The molecule has 1 amide bonds. The van der Waals surface area contributed by atoms with Crippen LogP contribution >= 0.6 is 0 Å². The fourth-order valence-corrected chi connectivity index (χ4v) is 1.58. The molecule has 1 saturated heterocycles. The van der Waals surface area contributed by atoms with E-state index in [2.05, 4.69) is 10.8 Å². The summed E-state index contributed by atoms with van der Waals surface area (Å²) in [5.74, 6) is 0.424. The van der Waals surface area contributed by atoms with E-state index in [1.54, 1.807) is 0 Å². The van der Waals surface area contributed by atoms with E-state index >= 15 is 0 Å². The molecule has 0 aromatic rings. The summed E-state index contributed by atoms with van der Waals surface area (Å²) in [4.78, 5) is 16.2. The second-order valence-corrected chi connectivity index (χ2v) is 3.40. The summed E-state index contributed by atoms with van der Waals surface area (Å²) in [6.45, 7) is 0. The average Bonchev–Trinajstić information content (AvgIpc) is 2.39. The van der Waals surface area contributed by atoms with Crippen molar-refractivity contribution in [1.29, 1.82) is 0 Å². The van der Waals surface area contributed by atoms with Gasteiger partial charge in [0, 0.05) is 0 Å². The second kappa shape index (κ2) is 3.71. The zero-order valence-electron chi connectivity index (χ0n) is 7.69. The third-order valence-electron chi connectivity index (χ3n) is 2.40. The van der Waals surface area contributed by atoms with Crippen molar-refractivity contribution in [1.82, 2.24) is 10.8 Å². The number of hydrogen-bond acceptors (Lipinski definition) is 4. The highest BCUT2D eigenvalue weighted by atomic mass is 16.7. The first kappa shape index (κ1) is 9.08. The van der Waals surface area contributed by atoms with Gasteiger partial charge in [-0.05, 0) is 31.2 Å². The van der Waals surface area contributed by atoms with Crippen LogP contribution < -0.4 is 16.5 Å². The number of rotatable bonds is 1. The molecule has 2 aliphatic rings. The van der Waals surface area contributed by atoms with Gasteiger partial charge < -0.3 is 15.9 Å². The van der Waals surface area contributed by atoms with Crippen LogP contribution in [0.2, 0.25) is 0 Å². The number of dihydropyridines is 1. The van der Waals surface area contributed by atoms with E-state index in [1.807, 2.05) is 18.4 Å². The largest absolute Gasteiger partial charge is 0.410 e. The molecule has 2 heterocycles. The summed E-state index contributed by atoms with van der Waals surface area (Å²) < 4.78 is 0. The molecule has 4 N–H and O–H groups in total. The van der Waals surface area contributed by atoms with Gasteiger partial charge in [-0.15, -0.1) is 5.48 Å². The Kier molecular flexibility index (Phi) is 2.41. The number of carbonyl (C=O) groups excluding carboxylic acids is 1. The number of hydrogen-bond donors (Lipinski definition) is 3. The van der Waals surface area contributed by atoms with E-state index in [0.29, 0.717) is 6.42 Å². The number of primary amides is 1. The molecule has 0 saturated carbocycles. The van der Waals surface area contributed by atoms with Gasteiger partial charge in [0.2, 0.25) is 5.91 Å². The van der Waals surface area contributed by atoms with Crippen molar-refractivity contribution in [2.24, 2.45) is 5.73 Å². The van der Waals surface area contributed by atoms with Gasteiger partial charge in [-0.3, -0.25) is 4.79 Å². The third kappa shape index (κ3) is 1.72. The number of carbonyl (C=O) groups is 1. The Morgan fingerprint density at radius 1 is 1.57 bits per heavy atom. The van der Waals surface area contributed by atoms with Crippen molar-refractivity contribution in [3.8, 4) is 0 Å². The smallest absolute Gasteiger partial charge is 0.237 e. The molecule has 0 aromatic heterocycles. The van der Waals surface area contributed by atoms with Crippen LogP contribution in [0.3, 0.4) is 0 Å². The highest BCUT2D eigenvalue weighted by Crippen LogP contribution is 2.18. The molecule has 2 atom stereocenters. The van der Waals surface area contributed by atoms with Crippen LogP contribution in [-0.2, 0) is 9.63 Å². The van der Waals surface area contributed by atoms with E-state index in [1.165, 1.54) is 0 Å². The molecule has 0 aromatic carbocycles. The summed E-state index contributed by atoms with van der Waals surface area (Å²) in [7, 11) is 0. The Morgan fingerprint density at radius 2 is 2.43 bits per heavy atom. The monoisotopic (exact) mass is 195 g/mol. The van der Waals surface area contributed by atoms with Gasteiger partial charge in [-0.2, -0.15) is 0 Å². The lowest BCUT2D eigenvalue weighted by Crippen LogP contribution is -2.39. The van der Waals surface area contributed by atoms with Crippen molar-refractivity contribution in [3.05, 3.63) is 24.1 Å². The maximum absolute atomic E-state index is 10.9. The molecule has 2 rings (SSSR count). The van der Waals surface area contributed by atoms with Gasteiger partial charge in [-0.25, -0.2) is 0 Å². The van der Waals surface area contributed by atoms with E-state index in [-0.39, 0.29) is 11.9 Å². The fourth-order valence-electron chi connectivity index (χ4n) is 1.58. The molecule has 2 unspecified atom stereocenters. The minimum Gasteiger partial charge on any atom is -0.410 e. The van der Waals surface area contributed by atoms with Crippen molar-refractivity contribution in [3.63, 3.8) is 0 Å². The van der Waals surface area contributed by atoms with Gasteiger partial charge in [0.05, 0.1) is 6.04 Å². The topological polar surface area (TPSA) is 76.4 Å². The Morgan fingerprint density at radius 3 is 3.21 bits per heavy atom. The molecular formula is C9H13N3O2. The van der Waals surface area contributed by atoms with Crippen LogP contribution in [0.15, 0.2) is 24.1 Å². The molecule has 0 spiro atoms. The van der Waals surface area contributed by atoms with Crippen LogP contribution in [0.1, 0.15) is 12.8 Å². The molecule has 0 bridgehead atoms. The predicted molar refractivity (Wildman–Crippen MR) is 50.6 cm³/mol. The molecule has 0 aliphatic carbocycles. The van der Waals surface area contributed by atoms with E-state index < -0.39 is 6.04 Å². The number of hydroxylamine groups is 1. The number of amides is 1. The van der Waals surface area contributed by atoms with Crippen LogP contribution in [0.4, 0.5) is 0 Å². The van der Waals surface area contributed by atoms with Crippen LogP contribution in [0.5, 0.6) is 0 Å². The molecule has 5 heteroatoms. The first-order chi connectivity index (χ1) is 6.77. The van der Waals surface area contributed by atoms with Gasteiger partial charge in [0.15, 0.2) is 0 Å². The van der Waals surface area contributed by atoms with E-state index in [4.69, 9.17) is 10.6 Å². The summed E-state index contributed by atoms with van der Waals surface area (Å²) in [5.41, 5.74) is 7.85. The van der Waals surface area contributed by atoms with Crippen LogP contribution in [0, 0.1) is 0 Å². The molecule has 14 heavy (non-hydrogen) atoms. The summed E-state index contributed by atoms with van der Waals surface area (Å²) in [6.07, 6.45) is 7.10. The molecule has 76 valence electrons. The average molecular weight is 195 g/mol. The minimum atomic E-state index is -0.400. The summed E-state index contributed by atoms with van der Waals surface area (Å²) >= 11 is 0. The highest BCUT2D eigenvalue weighted by Gasteiger charge is 2.26. The van der Waals surface area contributed by atoms with Crippen molar-refractivity contribution in [2.75, 3.05) is 0 Å². The zero-order valence-corrected chi connectivity index (χ0v) is 7.69. The quantitative estimate of drug-likeness (QED) is 0.528. The number of allylic oxidation sites excluding steroid dienone is 2. The SMILES string of the molecule is NC(=O)C1CCC2NC=CC=C2ON1. The van der Waals surface area contributed by atoms with Crippen molar-refractivity contribution in [2.45, 2.75) is 24.9 Å². The molecular weight excluding hydrogens is 182 g/mol. The van der Waals surface area contributed by atoms with Gasteiger partial charge in [0.25, 0.3) is 0 Å². The lowest BCUT2D eigenvalue weighted by atomic mass is 10.0. The standard InChI is InChI=1S/C9H13N3O2/c10-9(13)7-4-3-6-8(14-12-7)2-1-5-11-6/h1-2,5-7,11-12H,3-4H2,(H2,10,13). The number of nitrogens with one attached hydrogen (secondary N) is 2. The first-order valence-corrected chi connectivity index (χ1v) is 4.62. The van der Waals surface area contributed by atoms with E-state index in [9.17, 15) is 4.79 Å². The normalized spacial score (nSPS) is 30.4. The van der Waals surface area contributed by atoms with Crippen molar-refractivity contribution < 1.29 is 9.63 Å². The Hall–Kier alpha value is -1.49. The lowest BCUT2D eigenvalue weighted by Gasteiger charge is -2.19. The second-order valence-electron chi connectivity index (χ2n) is 3.40. The Balaban J connectivity index is 2.06. The minimum absolute atomic E-state index is 0.150. The molecule has 2 aliphatic heterocycles. The number of nitrogens with two attached hydrogens (primary N) is 1. The van der Waals surface area contributed by atoms with Gasteiger partial charge in [-0.1, -0.05) is 0 Å². The van der Waals surface area contributed by atoms with Crippen LogP contribution in [-0.4, -0.2) is 18.0 Å². The lowest BCUT2D eigenvalue weighted by molar-refractivity contribution is -0.122. The maximum Gasteiger partial charge on any atom is 0.237 e. The van der Waals surface area contributed by atoms with Gasteiger partial charge in [0.1, 0.15) is 11.8 Å². The zero-order chi connectivity index (χ0) is 9.97. The summed E-state index contributed by atoms with van der Waals surface area (Å²) in [6, 6.07) is -0.250. The highest BCUT2D eigenvalue weighted by molar-refractivity contribution is 5.79.